The lowest BCUT2D eigenvalue weighted by Crippen LogP contribution is -1.75. The average molecular weight is 224 g/mol. The molecule has 2 heterocycles. The molecule has 1 nitrogen and oxygen atoms in total. The van der Waals surface area contributed by atoms with Crippen molar-refractivity contribution in [2.75, 3.05) is 0 Å². The molecule has 0 aromatic carbocycles. The predicted octanol–water partition coefficient (Wildman–Crippen LogP) is 4.08. The van der Waals surface area contributed by atoms with Gasteiger partial charge in [0.05, 0.1) is 0 Å². The van der Waals surface area contributed by atoms with Crippen LogP contribution in [-0.4, -0.2) is 4.98 Å². The van der Waals surface area contributed by atoms with E-state index in [-0.39, 0.29) is 0 Å². The summed E-state index contributed by atoms with van der Waals surface area (Å²) in [6.07, 6.45) is 1.81. The fourth-order valence-electron chi connectivity index (χ4n) is 1.24. The number of nitrogens with zero attached hydrogens (tertiary/aromatic N) is 1. The molecule has 3 heteroatoms. The molecule has 0 spiro atoms. The fourth-order valence-corrected chi connectivity index (χ4v) is 2.37. The van der Waals surface area contributed by atoms with Gasteiger partial charge in [0.25, 0.3) is 0 Å². The van der Waals surface area contributed by atoms with Crippen molar-refractivity contribution in [2.45, 2.75) is 13.8 Å². The van der Waals surface area contributed by atoms with Gasteiger partial charge in [0.2, 0.25) is 0 Å². The third-order valence-corrected chi connectivity index (χ3v) is 3.60. The van der Waals surface area contributed by atoms with Crippen molar-refractivity contribution in [3.8, 4) is 10.4 Å². The Hall–Kier alpha value is -0.860. The van der Waals surface area contributed by atoms with Crippen LogP contribution in [0.15, 0.2) is 24.4 Å². The number of hydrogen-bond donors (Lipinski definition) is 0. The molecule has 0 saturated heterocycles. The number of aryl methyl sites for hydroxylation is 2. The molecule has 72 valence electrons. The van der Waals surface area contributed by atoms with Crippen LogP contribution in [0.4, 0.5) is 0 Å². The Kier molecular flexibility index (Phi) is 2.57. The van der Waals surface area contributed by atoms with E-state index in [4.69, 9.17) is 11.6 Å². The van der Waals surface area contributed by atoms with Gasteiger partial charge in [-0.1, -0.05) is 11.6 Å². The summed E-state index contributed by atoms with van der Waals surface area (Å²) < 4.78 is 0. The number of aromatic nitrogens is 1. The Morgan fingerprint density at radius 2 is 2.07 bits per heavy atom. The third kappa shape index (κ3) is 1.81. The Morgan fingerprint density at radius 1 is 1.29 bits per heavy atom. The number of rotatable bonds is 1. The van der Waals surface area contributed by atoms with Gasteiger partial charge in [-0.25, -0.2) is 4.98 Å². The summed E-state index contributed by atoms with van der Waals surface area (Å²) in [7, 11) is 0. The van der Waals surface area contributed by atoms with E-state index in [0.29, 0.717) is 5.15 Å². The summed E-state index contributed by atoms with van der Waals surface area (Å²) in [5, 5.41) is 0.541. The van der Waals surface area contributed by atoms with Crippen LogP contribution in [0.25, 0.3) is 10.4 Å². The van der Waals surface area contributed by atoms with Gasteiger partial charge < -0.3 is 0 Å². The van der Waals surface area contributed by atoms with Gasteiger partial charge in [-0.15, -0.1) is 11.3 Å². The molecule has 0 saturated carbocycles. The van der Waals surface area contributed by atoms with Gasteiger partial charge in [-0.3, -0.25) is 0 Å². The largest absolute Gasteiger partial charge is 0.244 e. The zero-order chi connectivity index (χ0) is 10.1. The van der Waals surface area contributed by atoms with Gasteiger partial charge in [0.15, 0.2) is 0 Å². The molecule has 0 bridgehead atoms. The summed E-state index contributed by atoms with van der Waals surface area (Å²) in [6, 6.07) is 6.01. The second-order valence-corrected chi connectivity index (χ2v) is 4.86. The number of thiophene rings is 1. The molecule has 0 aliphatic carbocycles. The first-order valence-corrected chi connectivity index (χ1v) is 5.55. The maximum atomic E-state index is 5.73. The molecule has 0 fully saturated rings. The number of hydrogen-bond acceptors (Lipinski definition) is 2. The van der Waals surface area contributed by atoms with Gasteiger partial charge in [0.1, 0.15) is 5.15 Å². The van der Waals surface area contributed by atoms with E-state index in [1.807, 2.05) is 18.3 Å². The molecule has 0 aliphatic heterocycles. The molecule has 0 aliphatic rings. The predicted molar refractivity (Wildman–Crippen MR) is 62.0 cm³/mol. The Bertz CT molecular complexity index is 425. The Balaban J connectivity index is 2.44. The summed E-state index contributed by atoms with van der Waals surface area (Å²) in [5.41, 5.74) is 2.47. The van der Waals surface area contributed by atoms with Crippen molar-refractivity contribution >= 4 is 22.9 Å². The minimum absolute atomic E-state index is 0.541. The summed E-state index contributed by atoms with van der Waals surface area (Å²) >= 11 is 7.52. The number of pyridine rings is 1. The van der Waals surface area contributed by atoms with Crippen molar-refractivity contribution in [1.29, 1.82) is 0 Å². The molecule has 2 rings (SSSR count). The van der Waals surface area contributed by atoms with Crippen molar-refractivity contribution in [3.63, 3.8) is 0 Å². The molecule has 2 aromatic rings. The van der Waals surface area contributed by atoms with E-state index in [2.05, 4.69) is 24.9 Å². The van der Waals surface area contributed by atoms with Crippen molar-refractivity contribution in [2.24, 2.45) is 0 Å². The molecule has 0 N–H and O–H groups in total. The summed E-state index contributed by atoms with van der Waals surface area (Å²) in [6.45, 7) is 4.26. The van der Waals surface area contributed by atoms with Crippen LogP contribution >= 0.6 is 22.9 Å². The van der Waals surface area contributed by atoms with Crippen LogP contribution in [0.5, 0.6) is 0 Å². The van der Waals surface area contributed by atoms with Crippen LogP contribution in [0.2, 0.25) is 5.15 Å². The summed E-state index contributed by atoms with van der Waals surface area (Å²) in [5.74, 6) is 0. The molecule has 2 aromatic heterocycles. The van der Waals surface area contributed by atoms with E-state index in [1.165, 1.54) is 15.3 Å². The molecule has 0 unspecified atom stereocenters. The molecular formula is C11H10ClNS. The standard InChI is InChI=1S/C11H10ClNS/c1-7-5-10(14-8(7)2)9-3-4-11(12)13-6-9/h3-6H,1-2H3. The average Bonchev–Trinajstić information content (AvgIpc) is 2.48. The van der Waals surface area contributed by atoms with Crippen molar-refractivity contribution in [1.82, 2.24) is 4.98 Å². The van der Waals surface area contributed by atoms with Gasteiger partial charge in [-0.2, -0.15) is 0 Å². The Morgan fingerprint density at radius 3 is 2.57 bits per heavy atom. The van der Waals surface area contributed by atoms with E-state index in [0.717, 1.165) is 5.56 Å². The topological polar surface area (TPSA) is 12.9 Å². The first-order valence-electron chi connectivity index (χ1n) is 4.36. The van der Waals surface area contributed by atoms with E-state index in [1.54, 1.807) is 11.3 Å². The zero-order valence-corrected chi connectivity index (χ0v) is 9.62. The second kappa shape index (κ2) is 3.71. The maximum absolute atomic E-state index is 5.73. The Labute approximate surface area is 92.4 Å². The van der Waals surface area contributed by atoms with E-state index >= 15 is 0 Å². The molecule has 0 radical (unpaired) electrons. The fraction of sp³-hybridized carbons (Fsp3) is 0.182. The normalized spacial score (nSPS) is 10.5. The molecular weight excluding hydrogens is 214 g/mol. The lowest BCUT2D eigenvalue weighted by molar-refractivity contribution is 1.33. The SMILES string of the molecule is Cc1cc(-c2ccc(Cl)nc2)sc1C. The van der Waals surface area contributed by atoms with Gasteiger partial charge in [-0.05, 0) is 37.6 Å². The van der Waals surface area contributed by atoms with Crippen LogP contribution < -0.4 is 0 Å². The molecule has 0 amide bonds. The summed E-state index contributed by atoms with van der Waals surface area (Å²) in [4.78, 5) is 6.68. The molecule has 14 heavy (non-hydrogen) atoms. The van der Waals surface area contributed by atoms with E-state index in [9.17, 15) is 0 Å². The van der Waals surface area contributed by atoms with Crippen LogP contribution in [0.3, 0.4) is 0 Å². The van der Waals surface area contributed by atoms with Crippen molar-refractivity contribution in [3.05, 3.63) is 40.0 Å². The molecule has 0 atom stereocenters. The monoisotopic (exact) mass is 223 g/mol. The highest BCUT2D eigenvalue weighted by Crippen LogP contribution is 2.30. The zero-order valence-electron chi connectivity index (χ0n) is 8.04. The first kappa shape index (κ1) is 9.69. The third-order valence-electron chi connectivity index (χ3n) is 2.18. The minimum atomic E-state index is 0.541. The second-order valence-electron chi connectivity index (χ2n) is 3.22. The van der Waals surface area contributed by atoms with Gasteiger partial charge in [0, 0.05) is 21.5 Å². The lowest BCUT2D eigenvalue weighted by Gasteiger charge is -1.95. The van der Waals surface area contributed by atoms with Crippen LogP contribution in [0.1, 0.15) is 10.4 Å². The maximum Gasteiger partial charge on any atom is 0.129 e. The quantitative estimate of drug-likeness (QED) is 0.664. The smallest absolute Gasteiger partial charge is 0.129 e. The minimum Gasteiger partial charge on any atom is -0.244 e. The highest BCUT2D eigenvalue weighted by Gasteiger charge is 2.04. The first-order chi connectivity index (χ1) is 6.66. The van der Waals surface area contributed by atoms with Crippen LogP contribution in [0, 0.1) is 13.8 Å². The van der Waals surface area contributed by atoms with Gasteiger partial charge >= 0.3 is 0 Å². The van der Waals surface area contributed by atoms with Crippen molar-refractivity contribution < 1.29 is 0 Å². The lowest BCUT2D eigenvalue weighted by atomic mass is 10.2. The number of halogens is 1. The van der Waals surface area contributed by atoms with Crippen LogP contribution in [-0.2, 0) is 0 Å². The highest BCUT2D eigenvalue weighted by atomic mass is 35.5. The van der Waals surface area contributed by atoms with E-state index < -0.39 is 0 Å². The highest BCUT2D eigenvalue weighted by molar-refractivity contribution is 7.15.